The zero-order valence-corrected chi connectivity index (χ0v) is 27.0. The molecule has 4 heterocycles. The molecule has 0 atom stereocenters. The fraction of sp³-hybridized carbons (Fsp3) is 0. The van der Waals surface area contributed by atoms with Gasteiger partial charge in [-0.2, -0.15) is 0 Å². The molecule has 42 heavy (non-hydrogen) atoms. The number of rotatable bonds is 0. The third kappa shape index (κ3) is 56.0. The third-order valence-corrected chi connectivity index (χ3v) is 2.68. The second-order valence-corrected chi connectivity index (χ2v) is 5.35. The Morgan fingerprint density at radius 1 is 0.381 bits per heavy atom. The molecule has 2 N–H and O–H groups in total. The van der Waals surface area contributed by atoms with Gasteiger partial charge in [0.25, 0.3) is 0 Å². The van der Waals surface area contributed by atoms with Gasteiger partial charge in [0.1, 0.15) is 0 Å². The smallest absolute Gasteiger partial charge is 0.166 e. The van der Waals surface area contributed by atoms with Crippen molar-refractivity contribution in [2.24, 2.45) is 0 Å². The second-order valence-electron chi connectivity index (χ2n) is 5.35. The number of aliphatic carboxylic acids is 4. The fourth-order valence-electron chi connectivity index (χ4n) is 1.31. The maximum atomic E-state index is 8.93. The monoisotopic (exact) mass is 926 g/mol. The van der Waals surface area contributed by atoms with Crippen LogP contribution in [0.3, 0.4) is 0 Å². The molecular weight excluding hydrogens is 904 g/mol. The summed E-state index contributed by atoms with van der Waals surface area (Å²) in [5.41, 5.74) is 0. The summed E-state index contributed by atoms with van der Waals surface area (Å²) in [6.45, 7) is 0. The molecule has 0 radical (unpaired) electrons. The first-order valence-corrected chi connectivity index (χ1v) is 9.65. The molecule has 0 saturated heterocycles. The average molecular weight is 926 g/mol. The first-order chi connectivity index (χ1) is 17.3. The molecule has 0 aliphatic rings. The van der Waals surface area contributed by atoms with E-state index in [2.05, 4.69) is 19.9 Å². The number of carboxylic acids is 4. The summed E-state index contributed by atoms with van der Waals surface area (Å²) >= 11 is 0. The zero-order valence-electron chi connectivity index (χ0n) is 21.2. The summed E-state index contributed by atoms with van der Waals surface area (Å²) in [7, 11) is 0. The number of pyridine rings is 4. The molecule has 18 heteroatoms. The van der Waals surface area contributed by atoms with Gasteiger partial charge in [-0.15, -0.1) is 0 Å². The van der Waals surface area contributed by atoms with Crippen LogP contribution in [0.25, 0.3) is 0 Å². The quantitative estimate of drug-likeness (QED) is 0.153. The first-order valence-electron chi connectivity index (χ1n) is 9.65. The van der Waals surface area contributed by atoms with Gasteiger partial charge in [0.2, 0.25) is 0 Å². The number of hydrogen-bond acceptors (Lipinski definition) is 10. The van der Waals surface area contributed by atoms with Gasteiger partial charge in [-0.3, -0.25) is 9.97 Å². The number of nitrogens with zero attached hydrogens (tertiary/aromatic N) is 2. The Balaban J connectivity index is -0.0000000535. The van der Waals surface area contributed by atoms with E-state index < -0.39 is 23.9 Å². The topological polar surface area (TPSA) is 329 Å². The van der Waals surface area contributed by atoms with Crippen molar-refractivity contribution in [1.82, 2.24) is 9.97 Å². The minimum absolute atomic E-state index is 0. The Morgan fingerprint density at radius 2 is 0.571 bits per heavy atom. The second kappa shape index (κ2) is 46.5. The summed E-state index contributed by atoms with van der Waals surface area (Å²) in [4.78, 5) is 49.1. The molecule has 0 amide bonds. The van der Waals surface area contributed by atoms with Crippen LogP contribution in [-0.2, 0) is 83.2 Å². The van der Waals surface area contributed by atoms with Crippen LogP contribution in [0.2, 0.25) is 0 Å². The van der Waals surface area contributed by atoms with Crippen LogP contribution in [0, 0.1) is 0 Å². The summed E-state index contributed by atoms with van der Waals surface area (Å²) < 4.78 is 0. The summed E-state index contributed by atoms with van der Waals surface area (Å²) in [5, 5.41) is 35.7. The van der Waals surface area contributed by atoms with Crippen molar-refractivity contribution in [3.63, 3.8) is 0 Å². The minimum atomic E-state index is -2.19. The van der Waals surface area contributed by atoms with Gasteiger partial charge < -0.3 is 61.5 Å². The summed E-state index contributed by atoms with van der Waals surface area (Å²) in [5.74, 6) is -8.74. The predicted octanol–water partition coefficient (Wildman–Crippen LogP) is -4.34. The van der Waals surface area contributed by atoms with Crippen LogP contribution in [0.15, 0.2) is 122 Å². The van der Waals surface area contributed by atoms with Crippen LogP contribution in [-0.4, -0.2) is 33.8 Å². The van der Waals surface area contributed by atoms with Gasteiger partial charge in [-0.05, 0) is 24.3 Å². The van der Waals surface area contributed by atoms with E-state index in [1.54, 1.807) is 24.8 Å². The number of carbonyl (C=O) groups is 4. The van der Waals surface area contributed by atoms with Gasteiger partial charge >= 0.3 is 0 Å². The number of carboxylic acid groups (broad SMARTS) is 4. The molecule has 0 bridgehead atoms. The molecule has 0 unspecified atom stereocenters. The summed E-state index contributed by atoms with van der Waals surface area (Å²) in [6, 6.07) is 23.1. The molecule has 4 aromatic rings. The van der Waals surface area contributed by atoms with Crippen molar-refractivity contribution in [1.29, 1.82) is 0 Å². The average Bonchev–Trinajstić information content (AvgIpc) is 2.94. The Labute approximate surface area is 268 Å². The van der Waals surface area contributed by atoms with Crippen molar-refractivity contribution < 1.29 is 114 Å². The Morgan fingerprint density at radius 3 is 0.619 bits per heavy atom. The number of aromatic nitrogens is 4. The molecule has 0 spiro atoms. The van der Waals surface area contributed by atoms with Gasteiger partial charge in [0.15, 0.2) is 24.8 Å². The van der Waals surface area contributed by atoms with Gasteiger partial charge in [0, 0.05) is 91.2 Å². The molecule has 4 rings (SSSR count). The molecule has 0 fully saturated rings. The molecular formula is C24H22N4O12W2-10. The third-order valence-electron chi connectivity index (χ3n) is 2.68. The fourth-order valence-corrected chi connectivity index (χ4v) is 1.31. The van der Waals surface area contributed by atoms with Crippen molar-refractivity contribution in [3.05, 3.63) is 122 Å². The van der Waals surface area contributed by atoms with E-state index in [-0.39, 0.29) is 64.0 Å². The molecule has 4 aromatic heterocycles. The zero-order chi connectivity index (χ0) is 27.3. The van der Waals surface area contributed by atoms with E-state index in [4.69, 9.17) is 39.6 Å². The van der Waals surface area contributed by atoms with Gasteiger partial charge in [-0.25, -0.2) is 9.97 Å². The summed E-state index contributed by atoms with van der Waals surface area (Å²) in [6.07, 6.45) is 14.5. The molecule has 0 aliphatic carbocycles. The van der Waals surface area contributed by atoms with E-state index in [1.807, 2.05) is 97.6 Å². The van der Waals surface area contributed by atoms with Gasteiger partial charge in [0.05, 0.1) is 23.9 Å². The van der Waals surface area contributed by atoms with Crippen molar-refractivity contribution in [2.45, 2.75) is 0 Å². The SMILES string of the molecule is O=C([O-])C(=O)[O-].O=C([O-])C(=O)[O-].[O-2].[O-2].[O-2].[O-2].[W].[W].c1cc[nH+]cc1.c1cc[nH+]cc1.c1ccncc1.c1ccncc1. The Bertz CT molecular complexity index is 781. The van der Waals surface area contributed by atoms with Crippen LogP contribution in [0.4, 0.5) is 0 Å². The van der Waals surface area contributed by atoms with Crippen LogP contribution in [0.1, 0.15) is 0 Å². The predicted molar refractivity (Wildman–Crippen MR) is 117 cm³/mol. The molecule has 0 aromatic carbocycles. The molecule has 232 valence electrons. The normalized spacial score (nSPS) is 6.67. The largest absolute Gasteiger partial charge is 2.00 e. The van der Waals surface area contributed by atoms with Gasteiger partial charge in [-0.1, -0.05) is 24.3 Å². The van der Waals surface area contributed by atoms with Crippen LogP contribution in [0.5, 0.6) is 0 Å². The molecule has 0 aliphatic heterocycles. The molecule has 0 saturated carbocycles. The maximum Gasteiger partial charge on any atom is 0.166 e. The number of hydrogen-bond donors (Lipinski definition) is 0. The van der Waals surface area contributed by atoms with E-state index in [9.17, 15) is 0 Å². The van der Waals surface area contributed by atoms with Crippen molar-refractivity contribution >= 4 is 23.9 Å². The van der Waals surface area contributed by atoms with E-state index in [0.717, 1.165) is 0 Å². The van der Waals surface area contributed by atoms with E-state index in [1.165, 1.54) is 0 Å². The number of aromatic amines is 2. The van der Waals surface area contributed by atoms with E-state index >= 15 is 0 Å². The van der Waals surface area contributed by atoms with Crippen LogP contribution >= 0.6 is 0 Å². The van der Waals surface area contributed by atoms with Crippen molar-refractivity contribution in [3.8, 4) is 0 Å². The maximum absolute atomic E-state index is 8.93. The standard InChI is InChI=1S/4C5H5N.2C2H2O4.4O.2W/c4*1-2-4-6-5-3-1;2*3-1(4)2(5)6;;;;;;/h4*1-5H;2*(H,3,4)(H,5,6);;;;;;/q;;;;;;4*-2;;/p-2. The molecule has 16 nitrogen and oxygen atoms in total. The number of carbonyl (C=O) groups excluding carboxylic acids is 4. The van der Waals surface area contributed by atoms with Crippen LogP contribution < -0.4 is 30.4 Å². The number of nitrogens with one attached hydrogen (secondary N) is 2. The van der Waals surface area contributed by atoms with E-state index in [0.29, 0.717) is 0 Å². The first kappa shape index (κ1) is 57.6. The van der Waals surface area contributed by atoms with Crippen molar-refractivity contribution in [2.75, 3.05) is 0 Å². The number of H-pyrrole nitrogens is 2. The Kier molecular flexibility index (Phi) is 63.8. The minimum Gasteiger partial charge on any atom is -2.00 e. The Hall–Kier alpha value is -4.30.